The number of aryl methyl sites for hydroxylation is 1. The fraction of sp³-hybridized carbons (Fsp3) is 0.375. The summed E-state index contributed by atoms with van der Waals surface area (Å²) < 4.78 is 7.74. The zero-order valence-corrected chi connectivity index (χ0v) is 13.8. The number of benzene rings is 1. The Hall–Kier alpha value is -1.43. The lowest BCUT2D eigenvalue weighted by molar-refractivity contribution is -0.0589. The minimum absolute atomic E-state index is 0.295. The van der Waals surface area contributed by atoms with Crippen molar-refractivity contribution in [2.24, 2.45) is 0 Å². The highest BCUT2D eigenvalue weighted by atomic mass is 35.5. The Kier molecular flexibility index (Phi) is 3.64. The van der Waals surface area contributed by atoms with Gasteiger partial charge in [-0.3, -0.25) is 0 Å². The summed E-state index contributed by atoms with van der Waals surface area (Å²) in [5.74, 6) is 1.32. The van der Waals surface area contributed by atoms with E-state index >= 15 is 0 Å². The van der Waals surface area contributed by atoms with Crippen molar-refractivity contribution in [2.45, 2.75) is 31.9 Å². The molecule has 6 heteroatoms. The third kappa shape index (κ3) is 2.43. The lowest BCUT2D eigenvalue weighted by Gasteiger charge is -2.27. The van der Waals surface area contributed by atoms with Crippen LogP contribution < -0.4 is 0 Å². The molecule has 1 aliphatic rings. The van der Waals surface area contributed by atoms with E-state index in [9.17, 15) is 0 Å². The Morgan fingerprint density at radius 3 is 2.95 bits per heavy atom. The van der Waals surface area contributed by atoms with Gasteiger partial charge in [0.1, 0.15) is 5.82 Å². The van der Waals surface area contributed by atoms with Crippen LogP contribution in [0.5, 0.6) is 0 Å². The first-order valence-electron chi connectivity index (χ1n) is 7.34. The summed E-state index contributed by atoms with van der Waals surface area (Å²) in [4.78, 5) is 10.2. The van der Waals surface area contributed by atoms with Gasteiger partial charge in [-0.25, -0.2) is 9.97 Å². The highest BCUT2D eigenvalue weighted by Crippen LogP contribution is 2.30. The molecule has 0 saturated carbocycles. The van der Waals surface area contributed by atoms with E-state index in [4.69, 9.17) is 21.3 Å². The van der Waals surface area contributed by atoms with Gasteiger partial charge in [-0.15, -0.1) is 22.9 Å². The van der Waals surface area contributed by atoms with Crippen LogP contribution in [0.1, 0.15) is 17.3 Å². The van der Waals surface area contributed by atoms with Crippen molar-refractivity contribution in [2.75, 3.05) is 6.61 Å². The molecule has 0 spiro atoms. The average Bonchev–Trinajstić information content (AvgIpc) is 3.05. The van der Waals surface area contributed by atoms with Crippen LogP contribution in [0.2, 0.25) is 0 Å². The smallest absolute Gasteiger partial charge is 0.124 e. The third-order valence-corrected chi connectivity index (χ3v) is 5.23. The summed E-state index contributed by atoms with van der Waals surface area (Å²) in [7, 11) is 0. The van der Waals surface area contributed by atoms with Gasteiger partial charge in [0, 0.05) is 12.8 Å². The maximum Gasteiger partial charge on any atom is 0.124 e. The van der Waals surface area contributed by atoms with Gasteiger partial charge in [0.25, 0.3) is 0 Å². The van der Waals surface area contributed by atoms with Gasteiger partial charge in [-0.05, 0) is 31.0 Å². The van der Waals surface area contributed by atoms with Gasteiger partial charge in [0.05, 0.1) is 39.4 Å². The average molecular weight is 334 g/mol. The molecule has 1 saturated heterocycles. The van der Waals surface area contributed by atoms with Crippen molar-refractivity contribution >= 4 is 34.0 Å². The van der Waals surface area contributed by atoms with E-state index in [0.29, 0.717) is 12.0 Å². The number of nitrogens with zero attached hydrogens (tertiary/aromatic N) is 3. The standard InChI is InChI=1S/C16H16ClN3OS/c1-10-18-8-15(22-10)11-2-3-14-13(6-11)19-16(7-17)20(14)9-12-4-5-21-12/h2-3,6,8,12H,4-5,7,9H2,1H3. The lowest BCUT2D eigenvalue weighted by atomic mass is 10.1. The van der Waals surface area contributed by atoms with Crippen molar-refractivity contribution in [3.05, 3.63) is 35.2 Å². The van der Waals surface area contributed by atoms with Gasteiger partial charge in [-0.1, -0.05) is 6.07 Å². The molecule has 2 aromatic heterocycles. The van der Waals surface area contributed by atoms with Crippen molar-refractivity contribution in [1.29, 1.82) is 0 Å². The molecule has 1 fully saturated rings. The van der Waals surface area contributed by atoms with E-state index in [-0.39, 0.29) is 0 Å². The van der Waals surface area contributed by atoms with Crippen LogP contribution in [0.15, 0.2) is 24.4 Å². The van der Waals surface area contributed by atoms with Gasteiger partial charge in [0.15, 0.2) is 0 Å². The van der Waals surface area contributed by atoms with Crippen LogP contribution in [0, 0.1) is 6.92 Å². The monoisotopic (exact) mass is 333 g/mol. The molecular weight excluding hydrogens is 318 g/mol. The summed E-state index contributed by atoms with van der Waals surface area (Å²) in [6.45, 7) is 3.71. The first-order chi connectivity index (χ1) is 10.7. The predicted molar refractivity (Wildman–Crippen MR) is 89.5 cm³/mol. The van der Waals surface area contributed by atoms with Crippen molar-refractivity contribution in [3.8, 4) is 10.4 Å². The Morgan fingerprint density at radius 2 is 2.32 bits per heavy atom. The third-order valence-electron chi connectivity index (χ3n) is 4.03. The fourth-order valence-corrected chi connectivity index (χ4v) is 3.74. The molecule has 1 atom stereocenters. The normalized spacial score (nSPS) is 17.8. The number of ether oxygens (including phenoxy) is 1. The zero-order chi connectivity index (χ0) is 15.1. The molecule has 22 heavy (non-hydrogen) atoms. The summed E-state index contributed by atoms with van der Waals surface area (Å²) in [6.07, 6.45) is 3.32. The maximum absolute atomic E-state index is 6.08. The lowest BCUT2D eigenvalue weighted by Crippen LogP contribution is -2.31. The summed E-state index contributed by atoms with van der Waals surface area (Å²) in [5.41, 5.74) is 3.26. The predicted octanol–water partition coefficient (Wildman–Crippen LogP) is 4.00. The Bertz CT molecular complexity index is 822. The zero-order valence-electron chi connectivity index (χ0n) is 12.3. The number of aromatic nitrogens is 3. The number of halogens is 1. The number of hydrogen-bond donors (Lipinski definition) is 0. The summed E-state index contributed by atoms with van der Waals surface area (Å²) in [5, 5.41) is 1.07. The van der Waals surface area contributed by atoms with Crippen molar-refractivity contribution < 1.29 is 4.74 Å². The molecular formula is C16H16ClN3OS. The number of alkyl halides is 1. The number of rotatable bonds is 4. The van der Waals surface area contributed by atoms with Crippen molar-refractivity contribution in [1.82, 2.24) is 14.5 Å². The number of hydrogen-bond acceptors (Lipinski definition) is 4. The molecule has 0 radical (unpaired) electrons. The van der Waals surface area contributed by atoms with E-state index in [1.807, 2.05) is 13.1 Å². The molecule has 0 N–H and O–H groups in total. The molecule has 0 bridgehead atoms. The molecule has 3 aromatic rings. The SMILES string of the molecule is Cc1ncc(-c2ccc3c(c2)nc(CCl)n3CC2CCO2)s1. The van der Waals surface area contributed by atoms with Crippen molar-refractivity contribution in [3.63, 3.8) is 0 Å². The second-order valence-corrected chi connectivity index (χ2v) is 7.00. The van der Waals surface area contributed by atoms with Gasteiger partial charge in [0.2, 0.25) is 0 Å². The molecule has 0 aliphatic carbocycles. The van der Waals surface area contributed by atoms with Crippen LogP contribution in [0.3, 0.4) is 0 Å². The van der Waals surface area contributed by atoms with E-state index < -0.39 is 0 Å². The highest BCUT2D eigenvalue weighted by Gasteiger charge is 2.21. The minimum Gasteiger partial charge on any atom is -0.376 e. The fourth-order valence-electron chi connectivity index (χ4n) is 2.77. The molecule has 0 amide bonds. The van der Waals surface area contributed by atoms with Crippen LogP contribution in [-0.2, 0) is 17.2 Å². The molecule has 1 aliphatic heterocycles. The van der Waals surface area contributed by atoms with Gasteiger partial charge < -0.3 is 9.30 Å². The number of fused-ring (bicyclic) bond motifs is 1. The number of thiazole rings is 1. The molecule has 3 heterocycles. The van der Waals surface area contributed by atoms with E-state index in [1.54, 1.807) is 11.3 Å². The first-order valence-corrected chi connectivity index (χ1v) is 8.69. The largest absolute Gasteiger partial charge is 0.376 e. The molecule has 4 nitrogen and oxygen atoms in total. The summed E-state index contributed by atoms with van der Waals surface area (Å²) in [6, 6.07) is 6.38. The highest BCUT2D eigenvalue weighted by molar-refractivity contribution is 7.15. The molecule has 1 unspecified atom stereocenters. The minimum atomic E-state index is 0.295. The second-order valence-electron chi connectivity index (χ2n) is 5.50. The van der Waals surface area contributed by atoms with Gasteiger partial charge >= 0.3 is 0 Å². The molecule has 114 valence electrons. The number of imidazole rings is 1. The Balaban J connectivity index is 1.76. The van der Waals surface area contributed by atoms with E-state index in [0.717, 1.165) is 47.0 Å². The van der Waals surface area contributed by atoms with Crippen LogP contribution in [-0.4, -0.2) is 27.2 Å². The Morgan fingerprint density at radius 1 is 1.45 bits per heavy atom. The maximum atomic E-state index is 6.08. The second kappa shape index (κ2) is 5.65. The van der Waals surface area contributed by atoms with Crippen LogP contribution >= 0.6 is 22.9 Å². The van der Waals surface area contributed by atoms with Gasteiger partial charge in [-0.2, -0.15) is 0 Å². The quantitative estimate of drug-likeness (QED) is 0.678. The molecule has 4 rings (SSSR count). The van der Waals surface area contributed by atoms with E-state index in [1.165, 1.54) is 4.88 Å². The molecule has 1 aromatic carbocycles. The van der Waals surface area contributed by atoms with Crippen LogP contribution in [0.4, 0.5) is 0 Å². The first kappa shape index (κ1) is 14.2. The van der Waals surface area contributed by atoms with Crippen LogP contribution in [0.25, 0.3) is 21.5 Å². The summed E-state index contributed by atoms with van der Waals surface area (Å²) >= 11 is 7.77. The Labute approximate surface area is 137 Å². The topological polar surface area (TPSA) is 39.9 Å². The van der Waals surface area contributed by atoms with E-state index in [2.05, 4.69) is 27.8 Å².